The van der Waals surface area contributed by atoms with E-state index < -0.39 is 0 Å². The van der Waals surface area contributed by atoms with Gasteiger partial charge >= 0.3 is 0 Å². The second-order valence-corrected chi connectivity index (χ2v) is 8.65. The minimum absolute atomic E-state index is 0.155. The molecule has 0 saturated heterocycles. The van der Waals surface area contributed by atoms with E-state index in [1.165, 1.54) is 0 Å². The molecule has 5 nitrogen and oxygen atoms in total. The summed E-state index contributed by atoms with van der Waals surface area (Å²) < 4.78 is 8.29. The largest absolute Gasteiger partial charge is 0.497 e. The number of benzene rings is 3. The number of nitrogens with one attached hydrogen (secondary N) is 1. The minimum atomic E-state index is -0.155. The monoisotopic (exact) mass is 447 g/mol. The SMILES string of the molecule is COc1ccc(-c2cn3c(n2)sc2cc(C(=O)Nc4ccc(Cl)cc4C)ccc23)cc1. The molecule has 0 aliphatic heterocycles. The molecular formula is C24H18ClN3O2S. The first-order chi connectivity index (χ1) is 15.0. The van der Waals surface area contributed by atoms with Crippen LogP contribution in [0.2, 0.25) is 5.02 Å². The van der Waals surface area contributed by atoms with E-state index in [1.807, 2.05) is 67.7 Å². The van der Waals surface area contributed by atoms with Gasteiger partial charge in [0.1, 0.15) is 5.75 Å². The average Bonchev–Trinajstić information content (AvgIpc) is 3.33. The van der Waals surface area contributed by atoms with Crippen LogP contribution in [0.1, 0.15) is 15.9 Å². The van der Waals surface area contributed by atoms with Crippen LogP contribution in [0.25, 0.3) is 26.4 Å². The van der Waals surface area contributed by atoms with Gasteiger partial charge in [-0.3, -0.25) is 9.20 Å². The summed E-state index contributed by atoms with van der Waals surface area (Å²) in [6.45, 7) is 1.92. The van der Waals surface area contributed by atoms with Gasteiger partial charge in [-0.2, -0.15) is 0 Å². The Morgan fingerprint density at radius 1 is 1.10 bits per heavy atom. The Labute approximate surface area is 187 Å². The number of anilines is 1. The van der Waals surface area contributed by atoms with Crippen LogP contribution in [0.3, 0.4) is 0 Å². The lowest BCUT2D eigenvalue weighted by Gasteiger charge is -2.08. The third-order valence-electron chi connectivity index (χ3n) is 5.18. The van der Waals surface area contributed by atoms with Gasteiger partial charge in [0.2, 0.25) is 0 Å². The van der Waals surface area contributed by atoms with E-state index in [1.54, 1.807) is 24.5 Å². The Bertz CT molecular complexity index is 1440. The highest BCUT2D eigenvalue weighted by atomic mass is 35.5. The number of methoxy groups -OCH3 is 1. The van der Waals surface area contributed by atoms with Gasteiger partial charge in [-0.25, -0.2) is 4.98 Å². The predicted octanol–water partition coefficient (Wildman–Crippen LogP) is 6.44. The molecule has 3 aromatic carbocycles. The third kappa shape index (κ3) is 3.65. The van der Waals surface area contributed by atoms with Crippen LogP contribution in [0, 0.1) is 6.92 Å². The number of carbonyl (C=O) groups excluding carboxylic acids is 1. The van der Waals surface area contributed by atoms with Crippen LogP contribution >= 0.6 is 22.9 Å². The first-order valence-corrected chi connectivity index (χ1v) is 10.8. The first kappa shape index (κ1) is 19.6. The number of fused-ring (bicyclic) bond motifs is 3. The summed E-state index contributed by atoms with van der Waals surface area (Å²) in [4.78, 5) is 18.4. The van der Waals surface area contributed by atoms with Gasteiger partial charge < -0.3 is 10.1 Å². The molecule has 1 amide bonds. The minimum Gasteiger partial charge on any atom is -0.497 e. The second kappa shape index (κ2) is 7.72. The summed E-state index contributed by atoms with van der Waals surface area (Å²) in [5.41, 5.74) is 5.21. The summed E-state index contributed by atoms with van der Waals surface area (Å²) in [5.74, 6) is 0.659. The summed E-state index contributed by atoms with van der Waals surface area (Å²) in [6.07, 6.45) is 2.02. The smallest absolute Gasteiger partial charge is 0.255 e. The van der Waals surface area contributed by atoms with Gasteiger partial charge in [-0.15, -0.1) is 0 Å². The van der Waals surface area contributed by atoms with E-state index >= 15 is 0 Å². The highest BCUT2D eigenvalue weighted by Gasteiger charge is 2.14. The van der Waals surface area contributed by atoms with Crippen molar-refractivity contribution in [2.75, 3.05) is 12.4 Å². The number of aryl methyl sites for hydroxylation is 1. The summed E-state index contributed by atoms with van der Waals surface area (Å²) in [6, 6.07) is 18.9. The number of nitrogens with zero attached hydrogens (tertiary/aromatic N) is 2. The molecule has 1 N–H and O–H groups in total. The maximum atomic E-state index is 12.8. The fourth-order valence-electron chi connectivity index (χ4n) is 3.51. The Hall–Kier alpha value is -3.35. The number of ether oxygens (including phenoxy) is 1. The maximum absolute atomic E-state index is 12.8. The summed E-state index contributed by atoms with van der Waals surface area (Å²) in [7, 11) is 1.65. The number of aromatic nitrogens is 2. The molecule has 0 spiro atoms. The molecule has 0 aliphatic carbocycles. The van der Waals surface area contributed by atoms with Crippen molar-refractivity contribution in [3.05, 3.63) is 83.0 Å². The molecule has 0 atom stereocenters. The van der Waals surface area contributed by atoms with Crippen LogP contribution in [0.5, 0.6) is 5.75 Å². The molecule has 7 heteroatoms. The average molecular weight is 448 g/mol. The van der Waals surface area contributed by atoms with Crippen molar-refractivity contribution >= 4 is 49.7 Å². The predicted molar refractivity (Wildman–Crippen MR) is 127 cm³/mol. The molecule has 2 aromatic heterocycles. The number of hydrogen-bond donors (Lipinski definition) is 1. The fourth-order valence-corrected chi connectivity index (χ4v) is 4.78. The van der Waals surface area contributed by atoms with Crippen LogP contribution in [0.15, 0.2) is 66.9 Å². The highest BCUT2D eigenvalue weighted by Crippen LogP contribution is 2.31. The zero-order valence-corrected chi connectivity index (χ0v) is 18.4. The molecule has 31 heavy (non-hydrogen) atoms. The van der Waals surface area contributed by atoms with E-state index in [0.29, 0.717) is 10.6 Å². The van der Waals surface area contributed by atoms with Gasteiger partial charge in [-0.1, -0.05) is 22.9 Å². The van der Waals surface area contributed by atoms with Crippen molar-refractivity contribution in [3.63, 3.8) is 0 Å². The van der Waals surface area contributed by atoms with Crippen LogP contribution in [0.4, 0.5) is 5.69 Å². The van der Waals surface area contributed by atoms with E-state index in [0.717, 1.165) is 43.4 Å². The van der Waals surface area contributed by atoms with Gasteiger partial charge in [0.15, 0.2) is 4.96 Å². The number of thiazole rings is 1. The van der Waals surface area contributed by atoms with Gasteiger partial charge in [-0.05, 0) is 73.2 Å². The Balaban J connectivity index is 1.45. The first-order valence-electron chi connectivity index (χ1n) is 9.65. The molecule has 0 saturated carbocycles. The van der Waals surface area contributed by atoms with Gasteiger partial charge in [0.25, 0.3) is 5.91 Å². The lowest BCUT2D eigenvalue weighted by molar-refractivity contribution is 0.102. The topological polar surface area (TPSA) is 55.6 Å². The molecular weight excluding hydrogens is 430 g/mol. The Morgan fingerprint density at radius 2 is 1.90 bits per heavy atom. The zero-order chi connectivity index (χ0) is 21.5. The molecule has 0 radical (unpaired) electrons. The van der Waals surface area contributed by atoms with Crippen molar-refractivity contribution in [3.8, 4) is 17.0 Å². The van der Waals surface area contributed by atoms with Crippen molar-refractivity contribution in [2.24, 2.45) is 0 Å². The lowest BCUT2D eigenvalue weighted by atomic mass is 10.1. The molecule has 0 unspecified atom stereocenters. The highest BCUT2D eigenvalue weighted by molar-refractivity contribution is 7.23. The zero-order valence-electron chi connectivity index (χ0n) is 16.8. The van der Waals surface area contributed by atoms with E-state index in [-0.39, 0.29) is 5.91 Å². The molecule has 5 aromatic rings. The van der Waals surface area contributed by atoms with Crippen molar-refractivity contribution in [1.29, 1.82) is 0 Å². The second-order valence-electron chi connectivity index (χ2n) is 7.21. The van der Waals surface area contributed by atoms with Crippen LogP contribution in [-0.2, 0) is 0 Å². The number of rotatable bonds is 4. The van der Waals surface area contributed by atoms with Crippen molar-refractivity contribution < 1.29 is 9.53 Å². The third-order valence-corrected chi connectivity index (χ3v) is 6.43. The summed E-state index contributed by atoms with van der Waals surface area (Å²) in [5, 5.41) is 3.61. The van der Waals surface area contributed by atoms with Gasteiger partial charge in [0, 0.05) is 28.0 Å². The number of carbonyl (C=O) groups is 1. The van der Waals surface area contributed by atoms with Crippen molar-refractivity contribution in [2.45, 2.75) is 6.92 Å². The normalized spacial score (nSPS) is 11.2. The van der Waals surface area contributed by atoms with Crippen LogP contribution in [-0.4, -0.2) is 22.4 Å². The van der Waals surface area contributed by atoms with Gasteiger partial charge in [0.05, 0.1) is 23.0 Å². The number of imidazole rings is 1. The van der Waals surface area contributed by atoms with E-state index in [9.17, 15) is 4.79 Å². The van der Waals surface area contributed by atoms with E-state index in [4.69, 9.17) is 21.3 Å². The molecule has 2 heterocycles. The quantitative estimate of drug-likeness (QED) is 0.345. The van der Waals surface area contributed by atoms with E-state index in [2.05, 4.69) is 9.72 Å². The number of amides is 1. The fraction of sp³-hybridized carbons (Fsp3) is 0.0833. The number of hydrogen-bond acceptors (Lipinski definition) is 4. The molecule has 0 fully saturated rings. The maximum Gasteiger partial charge on any atom is 0.255 e. The molecule has 5 rings (SSSR count). The molecule has 0 aliphatic rings. The van der Waals surface area contributed by atoms with Crippen molar-refractivity contribution in [1.82, 2.24) is 9.38 Å². The lowest BCUT2D eigenvalue weighted by Crippen LogP contribution is -2.12. The summed E-state index contributed by atoms with van der Waals surface area (Å²) >= 11 is 7.56. The molecule has 0 bridgehead atoms. The molecule has 154 valence electrons. The van der Waals surface area contributed by atoms with Crippen LogP contribution < -0.4 is 10.1 Å². The Morgan fingerprint density at radius 3 is 2.65 bits per heavy atom. The number of halogens is 1. The standard InChI is InChI=1S/C24H18ClN3O2S/c1-14-11-17(25)6-9-19(14)26-23(29)16-5-10-21-22(12-16)31-24-27-20(13-28(21)24)15-3-7-18(30-2)8-4-15/h3-13H,1-2H3,(H,26,29). The Kier molecular flexibility index (Phi) is 4.88.